The predicted octanol–water partition coefficient (Wildman–Crippen LogP) is 1.01. The Morgan fingerprint density at radius 1 is 1.38 bits per heavy atom. The van der Waals surface area contributed by atoms with Gasteiger partial charge in [-0.3, -0.25) is 4.79 Å². The second-order valence-corrected chi connectivity index (χ2v) is 4.98. The van der Waals surface area contributed by atoms with Crippen LogP contribution in [0.2, 0.25) is 0 Å². The maximum absolute atomic E-state index is 12.3. The highest BCUT2D eigenvalue weighted by Gasteiger charge is 2.35. The van der Waals surface area contributed by atoms with Gasteiger partial charge in [0.15, 0.2) is 0 Å². The molecule has 1 aromatic carbocycles. The third-order valence-electron chi connectivity index (χ3n) is 3.77. The average Bonchev–Trinajstić information content (AvgIpc) is 2.60. The minimum absolute atomic E-state index is 0.0677. The van der Waals surface area contributed by atoms with E-state index in [9.17, 15) is 10.1 Å². The zero-order chi connectivity index (χ0) is 17.3. The van der Waals surface area contributed by atoms with Crippen molar-refractivity contribution in [1.29, 1.82) is 5.26 Å². The molecule has 0 saturated carbocycles. The van der Waals surface area contributed by atoms with Gasteiger partial charge in [-0.05, 0) is 6.07 Å². The molecule has 122 valence electrons. The van der Waals surface area contributed by atoms with Crippen LogP contribution in [0.5, 0.6) is 17.4 Å². The molecule has 0 radical (unpaired) electrons. The quantitative estimate of drug-likeness (QED) is 0.862. The summed E-state index contributed by atoms with van der Waals surface area (Å²) in [5.41, 5.74) is 6.33. The van der Waals surface area contributed by atoms with Crippen molar-refractivity contribution < 1.29 is 14.2 Å². The molecule has 0 amide bonds. The number of ether oxygens (including phenoxy) is 3. The van der Waals surface area contributed by atoms with Gasteiger partial charge < -0.3 is 24.9 Å². The Balaban J connectivity index is 2.30. The zero-order valence-corrected chi connectivity index (χ0v) is 13.0. The van der Waals surface area contributed by atoms with Gasteiger partial charge in [-0.15, -0.1) is 0 Å². The molecule has 1 unspecified atom stereocenters. The predicted molar refractivity (Wildman–Crippen MR) is 83.7 cm³/mol. The standard InChI is InChI=1S/C16H14N4O4/c1-22-8-3-4-9(11(5-8)23-2)12-10(6-17)14(18)24-16-13(12)15(21)19-7-20-16/h3-5,7,12H,18H2,1-2H3,(H,19,20,21). The Labute approximate surface area is 137 Å². The lowest BCUT2D eigenvalue weighted by atomic mass is 9.84. The van der Waals surface area contributed by atoms with Gasteiger partial charge in [0.25, 0.3) is 5.56 Å². The molecule has 2 heterocycles. The molecule has 1 atom stereocenters. The molecule has 1 aliphatic heterocycles. The number of H-pyrrole nitrogens is 1. The summed E-state index contributed by atoms with van der Waals surface area (Å²) >= 11 is 0. The minimum atomic E-state index is -0.753. The smallest absolute Gasteiger partial charge is 0.258 e. The van der Waals surface area contributed by atoms with Crippen LogP contribution in [0.4, 0.5) is 0 Å². The van der Waals surface area contributed by atoms with E-state index in [4.69, 9.17) is 19.9 Å². The number of hydrogen-bond acceptors (Lipinski definition) is 7. The van der Waals surface area contributed by atoms with Gasteiger partial charge in [0.1, 0.15) is 23.1 Å². The molecule has 0 spiro atoms. The molecule has 0 aliphatic carbocycles. The topological polar surface area (TPSA) is 123 Å². The second-order valence-electron chi connectivity index (χ2n) is 4.98. The van der Waals surface area contributed by atoms with Gasteiger partial charge in [0.05, 0.1) is 32.0 Å². The fraction of sp³-hybridized carbons (Fsp3) is 0.188. The molecule has 0 saturated heterocycles. The van der Waals surface area contributed by atoms with E-state index in [1.54, 1.807) is 18.2 Å². The summed E-state index contributed by atoms with van der Waals surface area (Å²) in [6.45, 7) is 0. The second kappa shape index (κ2) is 5.96. The van der Waals surface area contributed by atoms with Gasteiger partial charge in [-0.2, -0.15) is 5.26 Å². The van der Waals surface area contributed by atoms with Crippen molar-refractivity contribution in [2.24, 2.45) is 5.73 Å². The van der Waals surface area contributed by atoms with Gasteiger partial charge in [0.2, 0.25) is 11.8 Å². The number of nitrogens with zero attached hydrogens (tertiary/aromatic N) is 2. The number of nitrogens with one attached hydrogen (secondary N) is 1. The van der Waals surface area contributed by atoms with Crippen LogP contribution in [0.1, 0.15) is 17.0 Å². The third-order valence-corrected chi connectivity index (χ3v) is 3.77. The van der Waals surface area contributed by atoms with Crippen LogP contribution in [0.25, 0.3) is 0 Å². The van der Waals surface area contributed by atoms with Crippen molar-refractivity contribution in [1.82, 2.24) is 9.97 Å². The first-order chi connectivity index (χ1) is 11.6. The highest BCUT2D eigenvalue weighted by molar-refractivity contribution is 5.57. The third kappa shape index (κ3) is 2.32. The van der Waals surface area contributed by atoms with Crippen molar-refractivity contribution in [2.45, 2.75) is 5.92 Å². The molecule has 3 N–H and O–H groups in total. The van der Waals surface area contributed by atoms with Crippen LogP contribution in [-0.4, -0.2) is 24.2 Å². The van der Waals surface area contributed by atoms with Gasteiger partial charge in [0, 0.05) is 11.6 Å². The van der Waals surface area contributed by atoms with E-state index < -0.39 is 11.5 Å². The van der Waals surface area contributed by atoms with Crippen LogP contribution in [0, 0.1) is 11.3 Å². The maximum atomic E-state index is 12.3. The highest BCUT2D eigenvalue weighted by Crippen LogP contribution is 2.43. The van der Waals surface area contributed by atoms with E-state index in [-0.39, 0.29) is 22.9 Å². The molecule has 2 aromatic rings. The summed E-state index contributed by atoms with van der Waals surface area (Å²) in [7, 11) is 3.02. The summed E-state index contributed by atoms with van der Waals surface area (Å²) in [4.78, 5) is 18.8. The Morgan fingerprint density at radius 2 is 2.17 bits per heavy atom. The summed E-state index contributed by atoms with van der Waals surface area (Å²) in [5, 5.41) is 9.51. The van der Waals surface area contributed by atoms with Crippen molar-refractivity contribution in [3.63, 3.8) is 0 Å². The fourth-order valence-corrected chi connectivity index (χ4v) is 2.66. The molecular formula is C16H14N4O4. The molecule has 24 heavy (non-hydrogen) atoms. The van der Waals surface area contributed by atoms with Gasteiger partial charge >= 0.3 is 0 Å². The average molecular weight is 326 g/mol. The lowest BCUT2D eigenvalue weighted by Crippen LogP contribution is -2.28. The lowest BCUT2D eigenvalue weighted by molar-refractivity contribution is 0.369. The number of methoxy groups -OCH3 is 2. The highest BCUT2D eigenvalue weighted by atomic mass is 16.5. The van der Waals surface area contributed by atoms with E-state index in [1.165, 1.54) is 20.5 Å². The Morgan fingerprint density at radius 3 is 2.83 bits per heavy atom. The monoisotopic (exact) mass is 326 g/mol. The van der Waals surface area contributed by atoms with Crippen LogP contribution >= 0.6 is 0 Å². The van der Waals surface area contributed by atoms with Crippen molar-refractivity contribution in [3.8, 4) is 23.4 Å². The van der Waals surface area contributed by atoms with Crippen molar-refractivity contribution >= 4 is 0 Å². The summed E-state index contributed by atoms with van der Waals surface area (Å²) in [5.74, 6) is 0.260. The largest absolute Gasteiger partial charge is 0.497 e. The molecule has 0 fully saturated rings. The van der Waals surface area contributed by atoms with Crippen LogP contribution in [0.15, 0.2) is 40.8 Å². The normalized spacial score (nSPS) is 16.0. The maximum Gasteiger partial charge on any atom is 0.258 e. The van der Waals surface area contributed by atoms with Crippen molar-refractivity contribution in [3.05, 3.63) is 57.5 Å². The zero-order valence-electron chi connectivity index (χ0n) is 13.0. The first-order valence-corrected chi connectivity index (χ1v) is 6.97. The summed E-state index contributed by atoms with van der Waals surface area (Å²) in [6.07, 6.45) is 1.22. The summed E-state index contributed by atoms with van der Waals surface area (Å²) in [6, 6.07) is 7.11. The van der Waals surface area contributed by atoms with E-state index in [0.29, 0.717) is 17.1 Å². The number of nitriles is 1. The minimum Gasteiger partial charge on any atom is -0.497 e. The molecular weight excluding hydrogens is 312 g/mol. The number of hydrogen-bond donors (Lipinski definition) is 2. The van der Waals surface area contributed by atoms with Crippen molar-refractivity contribution in [2.75, 3.05) is 14.2 Å². The first kappa shape index (κ1) is 15.4. The van der Waals surface area contributed by atoms with Gasteiger partial charge in [-0.1, -0.05) is 6.07 Å². The Kier molecular flexibility index (Phi) is 3.83. The van der Waals surface area contributed by atoms with Gasteiger partial charge in [-0.25, -0.2) is 4.98 Å². The molecule has 1 aromatic heterocycles. The van der Waals surface area contributed by atoms with Crippen LogP contribution in [0.3, 0.4) is 0 Å². The Bertz CT molecular complexity index is 926. The number of fused-ring (bicyclic) bond motifs is 1. The van der Waals surface area contributed by atoms with Crippen LogP contribution < -0.4 is 25.5 Å². The van der Waals surface area contributed by atoms with E-state index in [1.807, 2.05) is 6.07 Å². The van der Waals surface area contributed by atoms with E-state index >= 15 is 0 Å². The Hall–Kier alpha value is -3.47. The number of aromatic nitrogens is 2. The summed E-state index contributed by atoms with van der Waals surface area (Å²) < 4.78 is 15.9. The molecule has 0 bridgehead atoms. The fourth-order valence-electron chi connectivity index (χ4n) is 2.66. The SMILES string of the molecule is COc1ccc(C2C(C#N)=C(N)Oc3nc[nH]c(=O)c32)c(OC)c1. The number of benzene rings is 1. The van der Waals surface area contributed by atoms with E-state index in [2.05, 4.69) is 9.97 Å². The number of allylic oxidation sites excluding steroid dienone is 1. The molecule has 8 nitrogen and oxygen atoms in total. The number of rotatable bonds is 3. The number of nitrogens with two attached hydrogens (primary N) is 1. The molecule has 8 heteroatoms. The molecule has 3 rings (SSSR count). The van der Waals surface area contributed by atoms with E-state index in [0.717, 1.165) is 0 Å². The number of aromatic amines is 1. The first-order valence-electron chi connectivity index (χ1n) is 6.97. The van der Waals surface area contributed by atoms with Crippen LogP contribution in [-0.2, 0) is 0 Å². The lowest BCUT2D eigenvalue weighted by Gasteiger charge is -2.25. The molecule has 1 aliphatic rings.